The van der Waals surface area contributed by atoms with Crippen LogP contribution in [0.5, 0.6) is 0 Å². The van der Waals surface area contributed by atoms with E-state index in [4.69, 9.17) is 9.47 Å². The van der Waals surface area contributed by atoms with E-state index in [1.807, 2.05) is 51.1 Å². The van der Waals surface area contributed by atoms with E-state index in [-0.39, 0.29) is 35.4 Å². The predicted octanol–water partition coefficient (Wildman–Crippen LogP) is 4.47. The first-order valence-corrected chi connectivity index (χ1v) is 10.7. The highest BCUT2D eigenvalue weighted by Gasteiger charge is 2.40. The Morgan fingerprint density at radius 3 is 2.41 bits per heavy atom. The van der Waals surface area contributed by atoms with Crippen LogP contribution >= 0.6 is 0 Å². The molecule has 1 fully saturated rings. The number of nitriles is 1. The van der Waals surface area contributed by atoms with E-state index in [0.29, 0.717) is 0 Å². The average Bonchev–Trinajstić information content (AvgIpc) is 3.55. The van der Waals surface area contributed by atoms with Crippen LogP contribution in [-0.4, -0.2) is 36.9 Å². The van der Waals surface area contributed by atoms with E-state index in [2.05, 4.69) is 15.4 Å². The minimum Gasteiger partial charge on any atom is -0.465 e. The van der Waals surface area contributed by atoms with Crippen molar-refractivity contribution in [3.05, 3.63) is 64.7 Å². The molecule has 1 unspecified atom stereocenters. The number of benzene rings is 2. The van der Waals surface area contributed by atoms with E-state index in [9.17, 15) is 19.6 Å². The van der Waals surface area contributed by atoms with Crippen molar-refractivity contribution in [3.8, 4) is 6.07 Å². The second-order valence-electron chi connectivity index (χ2n) is 8.90. The first-order chi connectivity index (χ1) is 16.1. The molecule has 2 aromatic rings. The molecule has 0 aliphatic heterocycles. The minimum absolute atomic E-state index is 0.0402. The molecule has 2 N–H and O–H groups in total. The Kier molecular flexibility index (Phi) is 7.41. The van der Waals surface area contributed by atoms with Gasteiger partial charge in [0.15, 0.2) is 0 Å². The third-order valence-electron chi connectivity index (χ3n) is 5.07. The van der Waals surface area contributed by atoms with Gasteiger partial charge in [-0.2, -0.15) is 5.26 Å². The molecule has 0 heterocycles. The summed E-state index contributed by atoms with van der Waals surface area (Å²) in [6.45, 7) is 5.50. The molecule has 1 aliphatic rings. The van der Waals surface area contributed by atoms with Crippen LogP contribution in [0.15, 0.2) is 42.5 Å². The standard InChI is InChI=1S/C25H27N3O6/c1-25(2,3)34-24(31)28-21-12-19(21)16-7-5-15(6-8-16)14-33-23(30)27-20-10-9-17(22(29)32-4)11-18(20)13-26/h5-11,19,21H,12,14H2,1-4H3,(H,27,30)(H,28,31)/t19?,21-/m0/s1. The molecule has 0 radical (unpaired) electrons. The fourth-order valence-corrected chi connectivity index (χ4v) is 3.33. The number of anilines is 1. The first kappa shape index (κ1) is 24.6. The number of carbonyl (C=O) groups excluding carboxylic acids is 3. The molecule has 2 amide bonds. The summed E-state index contributed by atoms with van der Waals surface area (Å²) >= 11 is 0. The van der Waals surface area contributed by atoms with Gasteiger partial charge in [0.05, 0.1) is 23.9 Å². The number of hydrogen-bond donors (Lipinski definition) is 2. The quantitative estimate of drug-likeness (QED) is 0.476. The van der Waals surface area contributed by atoms with E-state index in [1.165, 1.54) is 25.3 Å². The summed E-state index contributed by atoms with van der Waals surface area (Å²) in [5, 5.41) is 14.7. The topological polar surface area (TPSA) is 127 Å². The number of methoxy groups -OCH3 is 1. The number of carbonyl (C=O) groups is 3. The van der Waals surface area contributed by atoms with Crippen LogP contribution in [0.4, 0.5) is 15.3 Å². The van der Waals surface area contributed by atoms with Gasteiger partial charge in [-0.3, -0.25) is 5.32 Å². The molecule has 9 nitrogen and oxygen atoms in total. The van der Waals surface area contributed by atoms with Crippen LogP contribution in [-0.2, 0) is 20.8 Å². The third-order valence-corrected chi connectivity index (χ3v) is 5.07. The number of amides is 2. The summed E-state index contributed by atoms with van der Waals surface area (Å²) in [4.78, 5) is 35.7. The summed E-state index contributed by atoms with van der Waals surface area (Å²) in [6.07, 6.45) is -0.307. The summed E-state index contributed by atoms with van der Waals surface area (Å²) in [5.41, 5.74) is 1.88. The Bertz CT molecular complexity index is 1110. The van der Waals surface area contributed by atoms with Gasteiger partial charge in [0, 0.05) is 12.0 Å². The summed E-state index contributed by atoms with van der Waals surface area (Å²) in [6, 6.07) is 13.8. The lowest BCUT2D eigenvalue weighted by atomic mass is 10.1. The molecule has 2 atom stereocenters. The molecule has 1 aliphatic carbocycles. The largest absolute Gasteiger partial charge is 0.465 e. The predicted molar refractivity (Wildman–Crippen MR) is 123 cm³/mol. The molecule has 178 valence electrons. The number of nitrogens with one attached hydrogen (secondary N) is 2. The number of rotatable bonds is 6. The van der Waals surface area contributed by atoms with Gasteiger partial charge in [-0.15, -0.1) is 0 Å². The molecule has 0 spiro atoms. The molecule has 1 saturated carbocycles. The molecule has 9 heteroatoms. The highest BCUT2D eigenvalue weighted by molar-refractivity contribution is 5.92. The zero-order valence-electron chi connectivity index (χ0n) is 19.5. The Morgan fingerprint density at radius 2 is 1.79 bits per heavy atom. The van der Waals surface area contributed by atoms with Gasteiger partial charge in [0.2, 0.25) is 0 Å². The highest BCUT2D eigenvalue weighted by Crippen LogP contribution is 2.41. The first-order valence-electron chi connectivity index (χ1n) is 10.7. The minimum atomic E-state index is -0.727. The fourth-order valence-electron chi connectivity index (χ4n) is 3.33. The van der Waals surface area contributed by atoms with Crippen LogP contribution in [0.25, 0.3) is 0 Å². The van der Waals surface area contributed by atoms with Crippen molar-refractivity contribution in [1.82, 2.24) is 5.32 Å². The number of ether oxygens (including phenoxy) is 3. The van der Waals surface area contributed by atoms with E-state index >= 15 is 0 Å². The summed E-state index contributed by atoms with van der Waals surface area (Å²) < 4.78 is 15.2. The average molecular weight is 466 g/mol. The van der Waals surface area contributed by atoms with Gasteiger partial charge in [-0.1, -0.05) is 24.3 Å². The Hall–Kier alpha value is -4.06. The third kappa shape index (κ3) is 6.72. The Morgan fingerprint density at radius 1 is 1.09 bits per heavy atom. The summed E-state index contributed by atoms with van der Waals surface area (Å²) in [5.74, 6) is -0.352. The van der Waals surface area contributed by atoms with Gasteiger partial charge in [0.25, 0.3) is 0 Å². The second kappa shape index (κ2) is 10.3. The SMILES string of the molecule is COC(=O)c1ccc(NC(=O)OCc2ccc(C3C[C@@H]3NC(=O)OC(C)(C)C)cc2)c(C#N)c1. The number of nitrogens with zero attached hydrogens (tertiary/aromatic N) is 1. The Labute approximate surface area is 198 Å². The number of hydrogen-bond acceptors (Lipinski definition) is 7. The van der Waals surface area contributed by atoms with Crippen LogP contribution in [0.2, 0.25) is 0 Å². The lowest BCUT2D eigenvalue weighted by Gasteiger charge is -2.19. The second-order valence-corrected chi connectivity index (χ2v) is 8.90. The molecule has 3 rings (SSSR count). The maximum absolute atomic E-state index is 12.2. The number of alkyl carbamates (subject to hydrolysis) is 1. The number of esters is 1. The van der Waals surface area contributed by atoms with Gasteiger partial charge in [-0.05, 0) is 56.5 Å². The zero-order valence-corrected chi connectivity index (χ0v) is 19.5. The summed E-state index contributed by atoms with van der Waals surface area (Å²) in [7, 11) is 1.24. The highest BCUT2D eigenvalue weighted by atomic mass is 16.6. The van der Waals surface area contributed by atoms with Crippen LogP contribution in [0.1, 0.15) is 60.2 Å². The van der Waals surface area contributed by atoms with Crippen LogP contribution < -0.4 is 10.6 Å². The lowest BCUT2D eigenvalue weighted by molar-refractivity contribution is 0.0521. The Balaban J connectivity index is 1.49. The van der Waals surface area contributed by atoms with E-state index in [1.54, 1.807) is 0 Å². The van der Waals surface area contributed by atoms with Crippen molar-refractivity contribution in [2.24, 2.45) is 0 Å². The van der Waals surface area contributed by atoms with Crippen molar-refractivity contribution in [2.45, 2.75) is 51.4 Å². The molecule has 0 bridgehead atoms. The molecule has 2 aromatic carbocycles. The van der Waals surface area contributed by atoms with Crippen LogP contribution in [0.3, 0.4) is 0 Å². The smallest absolute Gasteiger partial charge is 0.411 e. The molecular weight excluding hydrogens is 438 g/mol. The van der Waals surface area contributed by atoms with Crippen molar-refractivity contribution < 1.29 is 28.6 Å². The monoisotopic (exact) mass is 465 g/mol. The maximum atomic E-state index is 12.2. The van der Waals surface area contributed by atoms with Crippen molar-refractivity contribution >= 4 is 23.8 Å². The lowest BCUT2D eigenvalue weighted by Crippen LogP contribution is -2.34. The fraction of sp³-hybridized carbons (Fsp3) is 0.360. The molecule has 34 heavy (non-hydrogen) atoms. The van der Waals surface area contributed by atoms with Crippen molar-refractivity contribution in [3.63, 3.8) is 0 Å². The van der Waals surface area contributed by atoms with Crippen LogP contribution in [0, 0.1) is 11.3 Å². The zero-order chi connectivity index (χ0) is 24.9. The van der Waals surface area contributed by atoms with E-state index in [0.717, 1.165) is 17.5 Å². The van der Waals surface area contributed by atoms with Crippen molar-refractivity contribution in [2.75, 3.05) is 12.4 Å². The van der Waals surface area contributed by atoms with Gasteiger partial charge in [0.1, 0.15) is 18.3 Å². The maximum Gasteiger partial charge on any atom is 0.411 e. The van der Waals surface area contributed by atoms with Gasteiger partial charge >= 0.3 is 18.2 Å². The van der Waals surface area contributed by atoms with Gasteiger partial charge < -0.3 is 19.5 Å². The van der Waals surface area contributed by atoms with Crippen molar-refractivity contribution in [1.29, 1.82) is 5.26 Å². The van der Waals surface area contributed by atoms with Gasteiger partial charge in [-0.25, -0.2) is 14.4 Å². The molecule has 0 saturated heterocycles. The normalized spacial score (nSPS) is 16.6. The molecule has 0 aromatic heterocycles. The molecular formula is C25H27N3O6. The van der Waals surface area contributed by atoms with E-state index < -0.39 is 23.8 Å².